The first-order valence-electron chi connectivity index (χ1n) is 12.2. The highest BCUT2D eigenvalue weighted by molar-refractivity contribution is 6.41. The van der Waals surface area contributed by atoms with E-state index in [1.807, 2.05) is 0 Å². The van der Waals surface area contributed by atoms with E-state index in [0.717, 1.165) is 10.8 Å². The molecule has 35 heavy (non-hydrogen) atoms. The molecule has 6 aromatic carbocycles. The van der Waals surface area contributed by atoms with Gasteiger partial charge in [0.15, 0.2) is 0 Å². The van der Waals surface area contributed by atoms with Gasteiger partial charge in [-0.15, -0.1) is 0 Å². The smallest absolute Gasteiger partial charge is 0.0889 e. The summed E-state index contributed by atoms with van der Waals surface area (Å²) in [5, 5.41) is 4.97. The lowest BCUT2D eigenvalue weighted by molar-refractivity contribution is 1.46. The molecule has 1 heteroatoms. The fraction of sp³-hybridized carbons (Fsp3) is 0.0588. The normalized spacial score (nSPS) is 11.8. The Hall–Kier alpha value is -4.10. The first kappa shape index (κ1) is 20.3. The molecule has 1 aliphatic rings. The second kappa shape index (κ2) is 7.45. The molecule has 2 radical (unpaired) electrons. The molecule has 162 valence electrons. The van der Waals surface area contributed by atoms with E-state index in [1.54, 1.807) is 0 Å². The molecular weight excluding hydrogens is 419 g/mol. The van der Waals surface area contributed by atoms with E-state index in [1.165, 1.54) is 71.8 Å². The van der Waals surface area contributed by atoms with Gasteiger partial charge in [0.05, 0.1) is 0 Å². The number of hydrogen-bond donors (Lipinski definition) is 0. The third-order valence-electron chi connectivity index (χ3n) is 7.66. The highest BCUT2D eigenvalue weighted by Gasteiger charge is 2.31. The maximum atomic E-state index is 6.50. The Kier molecular flexibility index (Phi) is 4.32. The second-order valence-electron chi connectivity index (χ2n) is 9.61. The van der Waals surface area contributed by atoms with Gasteiger partial charge >= 0.3 is 0 Å². The van der Waals surface area contributed by atoms with Crippen molar-refractivity contribution in [2.45, 2.75) is 13.8 Å². The van der Waals surface area contributed by atoms with Gasteiger partial charge in [-0.25, -0.2) is 0 Å². The SMILES string of the molecule is [B]c1ccc2c3c(cccc13)-c1c-2c(-c2ccccc2C)c2ccccc2c1-c1ccccc1C. The number of benzene rings is 6. The molecule has 0 N–H and O–H groups in total. The van der Waals surface area contributed by atoms with Gasteiger partial charge in [0.2, 0.25) is 0 Å². The van der Waals surface area contributed by atoms with Crippen LogP contribution < -0.4 is 5.46 Å². The van der Waals surface area contributed by atoms with Crippen LogP contribution in [0.3, 0.4) is 0 Å². The van der Waals surface area contributed by atoms with Crippen molar-refractivity contribution in [3.05, 3.63) is 114 Å². The summed E-state index contributed by atoms with van der Waals surface area (Å²) in [6, 6.07) is 37.3. The summed E-state index contributed by atoms with van der Waals surface area (Å²) >= 11 is 0. The largest absolute Gasteiger partial charge is 0.114 e. The molecule has 0 atom stereocenters. The van der Waals surface area contributed by atoms with E-state index in [-0.39, 0.29) is 0 Å². The van der Waals surface area contributed by atoms with Crippen molar-refractivity contribution in [1.29, 1.82) is 0 Å². The topological polar surface area (TPSA) is 0 Å². The van der Waals surface area contributed by atoms with Gasteiger partial charge in [-0.05, 0) is 91.0 Å². The minimum absolute atomic E-state index is 0.831. The molecule has 0 amide bonds. The van der Waals surface area contributed by atoms with Crippen molar-refractivity contribution in [1.82, 2.24) is 0 Å². The zero-order chi connectivity index (χ0) is 23.7. The quantitative estimate of drug-likeness (QED) is 0.236. The summed E-state index contributed by atoms with van der Waals surface area (Å²) < 4.78 is 0. The molecule has 1 aliphatic carbocycles. The van der Waals surface area contributed by atoms with Crippen molar-refractivity contribution in [3.63, 3.8) is 0 Å². The van der Waals surface area contributed by atoms with E-state index in [4.69, 9.17) is 7.85 Å². The summed E-state index contributed by atoms with van der Waals surface area (Å²) in [4.78, 5) is 0. The first-order valence-corrected chi connectivity index (χ1v) is 12.2. The molecule has 0 saturated heterocycles. The average molecular weight is 442 g/mol. The molecule has 0 spiro atoms. The first-order chi connectivity index (χ1) is 17.1. The number of aryl methyl sites for hydroxylation is 2. The second-order valence-corrected chi connectivity index (χ2v) is 9.61. The zero-order valence-corrected chi connectivity index (χ0v) is 19.9. The monoisotopic (exact) mass is 442 g/mol. The molecule has 0 aliphatic heterocycles. The van der Waals surface area contributed by atoms with Gasteiger partial charge in [-0.3, -0.25) is 0 Å². The minimum Gasteiger partial charge on any atom is -0.0889 e. The third kappa shape index (κ3) is 2.76. The Balaban J connectivity index is 1.79. The summed E-state index contributed by atoms with van der Waals surface area (Å²) in [7, 11) is 6.50. The lowest BCUT2D eigenvalue weighted by Crippen LogP contribution is -2.03. The molecule has 0 bridgehead atoms. The van der Waals surface area contributed by atoms with Crippen molar-refractivity contribution < 1.29 is 0 Å². The maximum Gasteiger partial charge on any atom is 0.114 e. The fourth-order valence-corrected chi connectivity index (χ4v) is 6.09. The van der Waals surface area contributed by atoms with E-state index in [9.17, 15) is 0 Å². The Morgan fingerprint density at radius 2 is 0.857 bits per heavy atom. The van der Waals surface area contributed by atoms with Gasteiger partial charge in [0.1, 0.15) is 7.85 Å². The van der Waals surface area contributed by atoms with Crippen molar-refractivity contribution in [3.8, 4) is 44.5 Å². The van der Waals surface area contributed by atoms with Gasteiger partial charge in [-0.1, -0.05) is 109 Å². The molecule has 0 nitrogen and oxygen atoms in total. The zero-order valence-electron chi connectivity index (χ0n) is 19.9. The van der Waals surface area contributed by atoms with Crippen LogP contribution in [-0.4, -0.2) is 7.85 Å². The molecule has 6 aromatic rings. The molecule has 0 unspecified atom stereocenters. The molecular formula is C34H23B. The predicted molar refractivity (Wildman–Crippen MR) is 152 cm³/mol. The fourth-order valence-electron chi connectivity index (χ4n) is 6.09. The molecule has 0 saturated carbocycles. The lowest BCUT2D eigenvalue weighted by Gasteiger charge is -2.22. The Morgan fingerprint density at radius 3 is 1.43 bits per heavy atom. The van der Waals surface area contributed by atoms with Gasteiger partial charge in [-0.2, -0.15) is 0 Å². The summed E-state index contributed by atoms with van der Waals surface area (Å²) in [6.07, 6.45) is 0. The Morgan fingerprint density at radius 1 is 0.400 bits per heavy atom. The molecule has 0 aromatic heterocycles. The number of rotatable bonds is 2. The third-order valence-corrected chi connectivity index (χ3v) is 7.66. The van der Waals surface area contributed by atoms with Gasteiger partial charge in [0, 0.05) is 0 Å². The highest BCUT2D eigenvalue weighted by Crippen LogP contribution is 2.57. The number of fused-ring (bicyclic) bond motifs is 4. The van der Waals surface area contributed by atoms with E-state index >= 15 is 0 Å². The Labute approximate surface area is 207 Å². The van der Waals surface area contributed by atoms with Crippen molar-refractivity contribution in [2.24, 2.45) is 0 Å². The minimum atomic E-state index is 0.831. The van der Waals surface area contributed by atoms with E-state index in [0.29, 0.717) is 0 Å². The van der Waals surface area contributed by atoms with Gasteiger partial charge in [0.25, 0.3) is 0 Å². The highest BCUT2D eigenvalue weighted by atomic mass is 14.3. The summed E-state index contributed by atoms with van der Waals surface area (Å²) in [5.41, 5.74) is 13.8. The van der Waals surface area contributed by atoms with Crippen LogP contribution >= 0.6 is 0 Å². The Bertz CT molecular complexity index is 1730. The van der Waals surface area contributed by atoms with Crippen LogP contribution in [0.4, 0.5) is 0 Å². The van der Waals surface area contributed by atoms with E-state index < -0.39 is 0 Å². The van der Waals surface area contributed by atoms with Gasteiger partial charge < -0.3 is 0 Å². The van der Waals surface area contributed by atoms with Crippen LogP contribution in [0, 0.1) is 13.8 Å². The van der Waals surface area contributed by atoms with Crippen LogP contribution in [0.25, 0.3) is 66.1 Å². The molecule has 7 rings (SSSR count). The van der Waals surface area contributed by atoms with Crippen molar-refractivity contribution >= 4 is 34.9 Å². The lowest BCUT2D eigenvalue weighted by atomic mass is 9.81. The van der Waals surface area contributed by atoms with Crippen LogP contribution in [-0.2, 0) is 0 Å². The maximum absolute atomic E-state index is 6.50. The van der Waals surface area contributed by atoms with Crippen LogP contribution in [0.2, 0.25) is 0 Å². The van der Waals surface area contributed by atoms with Crippen molar-refractivity contribution in [2.75, 3.05) is 0 Å². The van der Waals surface area contributed by atoms with E-state index in [2.05, 4.69) is 117 Å². The predicted octanol–water partition coefficient (Wildman–Crippen LogP) is 8.39. The molecule has 0 heterocycles. The van der Waals surface area contributed by atoms with Crippen LogP contribution in [0.15, 0.2) is 103 Å². The van der Waals surface area contributed by atoms with Crippen LogP contribution in [0.5, 0.6) is 0 Å². The molecule has 0 fully saturated rings. The average Bonchev–Trinajstić information content (AvgIpc) is 3.21. The summed E-state index contributed by atoms with van der Waals surface area (Å²) in [6.45, 7) is 4.43. The van der Waals surface area contributed by atoms with Crippen LogP contribution in [0.1, 0.15) is 11.1 Å². The summed E-state index contributed by atoms with van der Waals surface area (Å²) in [5.74, 6) is 0. The standard InChI is InChI=1S/C34H23B/c1-20-10-3-5-12-22(20)31-24-14-7-8-15-25(24)32(23-13-6-4-11-21(23)2)34-28-18-19-29(35)26-16-9-17-27(30(26)28)33(31)34/h3-19H,1-2H3. The number of hydrogen-bond acceptors (Lipinski definition) is 0.